The van der Waals surface area contributed by atoms with Crippen LogP contribution in [0.2, 0.25) is 0 Å². The molecule has 4 rings (SSSR count). The maximum Gasteiger partial charge on any atom is 0.230 e. The number of methoxy groups -OCH3 is 1. The first-order valence-electron chi connectivity index (χ1n) is 10.1. The molecule has 3 heterocycles. The van der Waals surface area contributed by atoms with Gasteiger partial charge in [0.25, 0.3) is 0 Å². The Labute approximate surface area is 160 Å². The number of hydrogen-bond acceptors (Lipinski definition) is 4. The van der Waals surface area contributed by atoms with Gasteiger partial charge in [-0.15, -0.1) is 0 Å². The molecule has 2 aliphatic heterocycles. The highest BCUT2D eigenvalue weighted by molar-refractivity contribution is 5.86. The van der Waals surface area contributed by atoms with E-state index in [9.17, 15) is 9.59 Å². The van der Waals surface area contributed by atoms with Crippen molar-refractivity contribution in [1.29, 1.82) is 0 Å². The van der Waals surface area contributed by atoms with Gasteiger partial charge in [0.2, 0.25) is 11.8 Å². The van der Waals surface area contributed by atoms with Crippen LogP contribution in [0.25, 0.3) is 0 Å². The van der Waals surface area contributed by atoms with Gasteiger partial charge in [-0.3, -0.25) is 14.6 Å². The number of ether oxygens (including phenoxy) is 1. The molecule has 6 heteroatoms. The molecular weight excluding hydrogens is 342 g/mol. The van der Waals surface area contributed by atoms with E-state index in [0.29, 0.717) is 19.5 Å². The number of aromatic nitrogens is 1. The zero-order chi connectivity index (χ0) is 18.9. The molecule has 1 aromatic rings. The van der Waals surface area contributed by atoms with Crippen molar-refractivity contribution in [1.82, 2.24) is 14.8 Å². The summed E-state index contributed by atoms with van der Waals surface area (Å²) in [5.41, 5.74) is 0.405. The highest BCUT2D eigenvalue weighted by Gasteiger charge is 2.50. The molecule has 2 saturated heterocycles. The van der Waals surface area contributed by atoms with Crippen molar-refractivity contribution in [2.45, 2.75) is 57.1 Å². The summed E-state index contributed by atoms with van der Waals surface area (Å²) < 4.78 is 5.63. The molecular formula is C21H29N3O3. The number of piperidine rings is 1. The summed E-state index contributed by atoms with van der Waals surface area (Å²) in [7, 11) is 1.71. The lowest BCUT2D eigenvalue weighted by molar-refractivity contribution is -0.150. The van der Waals surface area contributed by atoms with E-state index in [0.717, 1.165) is 57.2 Å². The predicted octanol–water partition coefficient (Wildman–Crippen LogP) is 2.38. The number of likely N-dealkylation sites (tertiary alicyclic amines) is 2. The number of carbonyl (C=O) groups is 2. The Morgan fingerprint density at radius 2 is 2.07 bits per heavy atom. The van der Waals surface area contributed by atoms with Gasteiger partial charge < -0.3 is 14.5 Å². The molecule has 0 radical (unpaired) electrons. The van der Waals surface area contributed by atoms with E-state index in [4.69, 9.17) is 4.74 Å². The van der Waals surface area contributed by atoms with Crippen LogP contribution in [0.3, 0.4) is 0 Å². The molecule has 2 amide bonds. The van der Waals surface area contributed by atoms with Gasteiger partial charge >= 0.3 is 0 Å². The fraction of sp³-hybridized carbons (Fsp3) is 0.667. The van der Waals surface area contributed by atoms with E-state index in [-0.39, 0.29) is 17.4 Å². The summed E-state index contributed by atoms with van der Waals surface area (Å²) in [4.78, 5) is 34.1. The molecule has 1 aliphatic carbocycles. The van der Waals surface area contributed by atoms with Gasteiger partial charge in [-0.05, 0) is 50.2 Å². The molecule has 1 saturated carbocycles. The maximum atomic E-state index is 13.2. The van der Waals surface area contributed by atoms with Crippen LogP contribution in [-0.2, 0) is 20.9 Å². The van der Waals surface area contributed by atoms with Gasteiger partial charge in [0.1, 0.15) is 0 Å². The van der Waals surface area contributed by atoms with Gasteiger partial charge in [-0.1, -0.05) is 6.07 Å². The molecule has 0 bridgehead atoms. The summed E-state index contributed by atoms with van der Waals surface area (Å²) in [5.74, 6) is 0.350. The Kier molecular flexibility index (Phi) is 4.93. The molecule has 1 atom stereocenters. The van der Waals surface area contributed by atoms with Gasteiger partial charge in [-0.2, -0.15) is 0 Å². The van der Waals surface area contributed by atoms with Crippen LogP contribution in [-0.4, -0.2) is 58.9 Å². The van der Waals surface area contributed by atoms with E-state index >= 15 is 0 Å². The topological polar surface area (TPSA) is 62.7 Å². The van der Waals surface area contributed by atoms with Crippen molar-refractivity contribution in [3.05, 3.63) is 30.1 Å². The Morgan fingerprint density at radius 1 is 1.22 bits per heavy atom. The quantitative estimate of drug-likeness (QED) is 0.797. The van der Waals surface area contributed by atoms with Crippen LogP contribution in [0.1, 0.15) is 50.5 Å². The number of nitrogens with zero attached hydrogens (tertiary/aromatic N) is 3. The third-order valence-corrected chi connectivity index (χ3v) is 6.80. The zero-order valence-corrected chi connectivity index (χ0v) is 16.2. The monoisotopic (exact) mass is 371 g/mol. The molecule has 1 spiro atoms. The largest absolute Gasteiger partial charge is 0.378 e. The minimum absolute atomic E-state index is 0.147. The highest BCUT2D eigenvalue weighted by atomic mass is 16.5. The molecule has 0 aromatic carbocycles. The van der Waals surface area contributed by atoms with E-state index in [1.54, 1.807) is 13.3 Å². The van der Waals surface area contributed by atoms with Crippen molar-refractivity contribution in [3.63, 3.8) is 0 Å². The molecule has 3 fully saturated rings. The van der Waals surface area contributed by atoms with Crippen LogP contribution in [0.4, 0.5) is 0 Å². The minimum Gasteiger partial charge on any atom is -0.378 e. The van der Waals surface area contributed by atoms with Crippen molar-refractivity contribution < 1.29 is 14.3 Å². The summed E-state index contributed by atoms with van der Waals surface area (Å²) in [6, 6.07) is 3.91. The minimum atomic E-state index is -0.393. The number of pyridine rings is 1. The molecule has 6 nitrogen and oxygen atoms in total. The molecule has 146 valence electrons. The lowest BCUT2D eigenvalue weighted by Crippen LogP contribution is -2.52. The van der Waals surface area contributed by atoms with Gasteiger partial charge in [0, 0.05) is 45.7 Å². The smallest absolute Gasteiger partial charge is 0.230 e. The zero-order valence-electron chi connectivity index (χ0n) is 16.2. The fourth-order valence-corrected chi connectivity index (χ4v) is 4.89. The van der Waals surface area contributed by atoms with Crippen molar-refractivity contribution >= 4 is 11.8 Å². The van der Waals surface area contributed by atoms with Crippen LogP contribution in [0, 0.1) is 5.41 Å². The second-order valence-corrected chi connectivity index (χ2v) is 8.45. The third kappa shape index (κ3) is 3.47. The van der Waals surface area contributed by atoms with E-state index < -0.39 is 5.41 Å². The molecule has 1 aromatic heterocycles. The molecule has 0 N–H and O–H groups in total. The predicted molar refractivity (Wildman–Crippen MR) is 101 cm³/mol. The third-order valence-electron chi connectivity index (χ3n) is 6.80. The summed E-state index contributed by atoms with van der Waals surface area (Å²) >= 11 is 0. The second-order valence-electron chi connectivity index (χ2n) is 8.45. The first-order chi connectivity index (χ1) is 13.1. The molecule has 3 aliphatic rings. The van der Waals surface area contributed by atoms with Gasteiger partial charge in [0.15, 0.2) is 0 Å². The standard InChI is InChI=1S/C21H29N3O3/c1-27-21(7-3-8-21)13-18(25)24-11-4-6-20(16-24)9-12-23(19(20)26)15-17-5-2-10-22-14-17/h2,5,10,14H,3-4,6-9,11-13,15-16H2,1H3. The lowest BCUT2D eigenvalue weighted by atomic mass is 9.76. The number of hydrogen-bond donors (Lipinski definition) is 0. The number of amides is 2. The second kappa shape index (κ2) is 7.23. The van der Waals surface area contributed by atoms with E-state index in [1.165, 1.54) is 0 Å². The summed E-state index contributed by atoms with van der Waals surface area (Å²) in [6.45, 7) is 2.69. The number of rotatable bonds is 5. The Morgan fingerprint density at radius 3 is 2.74 bits per heavy atom. The number of carbonyl (C=O) groups excluding carboxylic acids is 2. The Bertz CT molecular complexity index is 698. The van der Waals surface area contributed by atoms with Crippen LogP contribution < -0.4 is 0 Å². The van der Waals surface area contributed by atoms with Crippen molar-refractivity contribution in [2.75, 3.05) is 26.7 Å². The van der Waals surface area contributed by atoms with E-state index in [1.807, 2.05) is 28.1 Å². The Hall–Kier alpha value is -1.95. The lowest BCUT2D eigenvalue weighted by Gasteiger charge is -2.43. The summed E-state index contributed by atoms with van der Waals surface area (Å²) in [5, 5.41) is 0. The fourth-order valence-electron chi connectivity index (χ4n) is 4.89. The Balaban J connectivity index is 1.41. The molecule has 27 heavy (non-hydrogen) atoms. The van der Waals surface area contributed by atoms with Crippen LogP contribution in [0.5, 0.6) is 0 Å². The van der Waals surface area contributed by atoms with Gasteiger partial charge in [-0.25, -0.2) is 0 Å². The van der Waals surface area contributed by atoms with E-state index in [2.05, 4.69) is 4.98 Å². The van der Waals surface area contributed by atoms with Crippen molar-refractivity contribution in [3.8, 4) is 0 Å². The average Bonchev–Trinajstić information content (AvgIpc) is 2.95. The normalized spacial score (nSPS) is 27.1. The van der Waals surface area contributed by atoms with Crippen LogP contribution in [0.15, 0.2) is 24.5 Å². The maximum absolute atomic E-state index is 13.2. The first kappa shape index (κ1) is 18.4. The van der Waals surface area contributed by atoms with Crippen molar-refractivity contribution in [2.24, 2.45) is 5.41 Å². The summed E-state index contributed by atoms with van der Waals surface area (Å²) in [6.07, 6.45) is 9.70. The van der Waals surface area contributed by atoms with Gasteiger partial charge in [0.05, 0.1) is 17.4 Å². The average molecular weight is 371 g/mol. The first-order valence-corrected chi connectivity index (χ1v) is 10.1. The van der Waals surface area contributed by atoms with Crippen LogP contribution >= 0.6 is 0 Å². The molecule has 1 unspecified atom stereocenters. The highest BCUT2D eigenvalue weighted by Crippen LogP contribution is 2.42. The SMILES string of the molecule is COC1(CC(=O)N2CCCC3(CCN(Cc4cccnc4)C3=O)C2)CCC1.